The quantitative estimate of drug-likeness (QED) is 0.797. The Morgan fingerprint density at radius 3 is 2.67 bits per heavy atom. The summed E-state index contributed by atoms with van der Waals surface area (Å²) in [5, 5.41) is 3.05. The van der Waals surface area contributed by atoms with Crippen molar-refractivity contribution in [1.29, 1.82) is 0 Å². The number of likely N-dealkylation sites (tertiary alicyclic amines) is 1. The summed E-state index contributed by atoms with van der Waals surface area (Å²) in [6, 6.07) is 12.4. The van der Waals surface area contributed by atoms with Gasteiger partial charge >= 0.3 is 0 Å². The van der Waals surface area contributed by atoms with Crippen LogP contribution in [0.1, 0.15) is 38.7 Å². The summed E-state index contributed by atoms with van der Waals surface area (Å²) < 4.78 is 0. The molecule has 1 aliphatic carbocycles. The zero-order chi connectivity index (χ0) is 21.1. The lowest BCUT2D eigenvalue weighted by atomic mass is 9.74. The molecule has 4 rings (SSSR count). The van der Waals surface area contributed by atoms with Crippen molar-refractivity contribution in [2.24, 2.45) is 17.3 Å². The highest BCUT2D eigenvalue weighted by molar-refractivity contribution is 5.86. The maximum absolute atomic E-state index is 13.2. The summed E-state index contributed by atoms with van der Waals surface area (Å²) in [5.41, 5.74) is 2.79. The molecule has 0 unspecified atom stereocenters. The molecular weight excluding hydrogens is 374 g/mol. The summed E-state index contributed by atoms with van der Waals surface area (Å²) in [6.07, 6.45) is 6.89. The summed E-state index contributed by atoms with van der Waals surface area (Å²) in [4.78, 5) is 32.2. The van der Waals surface area contributed by atoms with Gasteiger partial charge in [-0.05, 0) is 67.3 Å². The zero-order valence-electron chi connectivity index (χ0n) is 17.9. The van der Waals surface area contributed by atoms with E-state index < -0.39 is 5.41 Å². The fourth-order valence-electron chi connectivity index (χ4n) is 4.77. The Morgan fingerprint density at radius 2 is 1.97 bits per heavy atom. The molecule has 2 aliphatic rings. The lowest BCUT2D eigenvalue weighted by Gasteiger charge is -2.42. The van der Waals surface area contributed by atoms with Crippen LogP contribution < -0.4 is 5.32 Å². The fourth-order valence-corrected chi connectivity index (χ4v) is 4.77. The standard InChI is InChI=1S/C25H31N3O2/c1-3-27-24(30)25(10-5-13-28(17-25)23(29)22-14-18(22)2)16-19-6-4-7-21(15-19)20-8-11-26-12-9-20/h4,6-9,11-12,15,18,22H,3,5,10,13-14,16-17H2,1-2H3,(H,27,30)/t18-,22-,25-/m0/s1. The van der Waals surface area contributed by atoms with Gasteiger partial charge in [0.1, 0.15) is 0 Å². The van der Waals surface area contributed by atoms with Gasteiger partial charge in [0.15, 0.2) is 0 Å². The van der Waals surface area contributed by atoms with E-state index in [1.807, 2.05) is 30.0 Å². The summed E-state index contributed by atoms with van der Waals surface area (Å²) >= 11 is 0. The number of carbonyl (C=O) groups is 2. The maximum Gasteiger partial charge on any atom is 0.228 e. The number of rotatable bonds is 6. The third kappa shape index (κ3) is 4.25. The maximum atomic E-state index is 13.2. The van der Waals surface area contributed by atoms with Crippen LogP contribution in [0.15, 0.2) is 48.8 Å². The first kappa shape index (κ1) is 20.6. The predicted molar refractivity (Wildman–Crippen MR) is 118 cm³/mol. The number of benzene rings is 1. The first-order chi connectivity index (χ1) is 14.5. The second-order valence-electron chi connectivity index (χ2n) is 8.94. The van der Waals surface area contributed by atoms with Crippen LogP contribution in [0.2, 0.25) is 0 Å². The fraction of sp³-hybridized carbons (Fsp3) is 0.480. The molecule has 2 amide bonds. The molecule has 0 spiro atoms. The highest BCUT2D eigenvalue weighted by Gasteiger charge is 2.47. The molecule has 0 radical (unpaired) electrons. The van der Waals surface area contributed by atoms with Gasteiger partial charge in [-0.1, -0.05) is 31.2 Å². The Hall–Kier alpha value is -2.69. The molecule has 1 saturated heterocycles. The molecule has 158 valence electrons. The van der Waals surface area contributed by atoms with Crippen LogP contribution in [0.25, 0.3) is 11.1 Å². The molecule has 1 N–H and O–H groups in total. The van der Waals surface area contributed by atoms with Crippen molar-refractivity contribution in [2.75, 3.05) is 19.6 Å². The van der Waals surface area contributed by atoms with E-state index in [2.05, 4.69) is 35.4 Å². The Morgan fingerprint density at radius 1 is 1.20 bits per heavy atom. The van der Waals surface area contributed by atoms with Gasteiger partial charge in [-0.3, -0.25) is 14.6 Å². The molecule has 30 heavy (non-hydrogen) atoms. The van der Waals surface area contributed by atoms with Crippen molar-refractivity contribution >= 4 is 11.8 Å². The zero-order valence-corrected chi connectivity index (χ0v) is 17.9. The smallest absolute Gasteiger partial charge is 0.228 e. The number of hydrogen-bond donors (Lipinski definition) is 1. The second-order valence-corrected chi connectivity index (χ2v) is 8.94. The van der Waals surface area contributed by atoms with E-state index in [0.717, 1.165) is 42.5 Å². The third-order valence-electron chi connectivity index (χ3n) is 6.62. The second kappa shape index (κ2) is 8.58. The summed E-state index contributed by atoms with van der Waals surface area (Å²) in [5.74, 6) is 0.947. The average Bonchev–Trinajstić information content (AvgIpc) is 3.51. The minimum atomic E-state index is -0.571. The number of nitrogens with zero attached hydrogens (tertiary/aromatic N) is 2. The minimum Gasteiger partial charge on any atom is -0.356 e. The largest absolute Gasteiger partial charge is 0.356 e. The Bertz CT molecular complexity index is 914. The van der Waals surface area contributed by atoms with Gasteiger partial charge in [0, 0.05) is 37.9 Å². The number of piperidine rings is 1. The van der Waals surface area contributed by atoms with Crippen molar-refractivity contribution in [3.63, 3.8) is 0 Å². The first-order valence-corrected chi connectivity index (χ1v) is 11.1. The van der Waals surface area contributed by atoms with Crippen LogP contribution in [0.5, 0.6) is 0 Å². The van der Waals surface area contributed by atoms with E-state index in [0.29, 0.717) is 25.4 Å². The molecule has 2 fully saturated rings. The predicted octanol–water partition coefficient (Wildman–Crippen LogP) is 3.69. The topological polar surface area (TPSA) is 62.3 Å². The summed E-state index contributed by atoms with van der Waals surface area (Å²) in [6.45, 7) is 5.97. The average molecular weight is 406 g/mol. The molecule has 1 aliphatic heterocycles. The van der Waals surface area contributed by atoms with E-state index in [-0.39, 0.29) is 17.7 Å². The Kier molecular flexibility index (Phi) is 5.89. The van der Waals surface area contributed by atoms with Crippen molar-refractivity contribution in [3.8, 4) is 11.1 Å². The van der Waals surface area contributed by atoms with Crippen molar-refractivity contribution in [1.82, 2.24) is 15.2 Å². The number of pyridine rings is 1. The molecule has 1 aromatic carbocycles. The molecule has 1 saturated carbocycles. The van der Waals surface area contributed by atoms with E-state index in [1.54, 1.807) is 12.4 Å². The number of hydrogen-bond acceptors (Lipinski definition) is 3. The Balaban J connectivity index is 1.60. The van der Waals surface area contributed by atoms with Crippen LogP contribution in [0.4, 0.5) is 0 Å². The first-order valence-electron chi connectivity index (χ1n) is 11.1. The number of nitrogens with one attached hydrogen (secondary N) is 1. The van der Waals surface area contributed by atoms with Crippen molar-refractivity contribution < 1.29 is 9.59 Å². The SMILES string of the molecule is CCNC(=O)[C@]1(Cc2cccc(-c3ccncc3)c2)CCCN(C(=O)[C@H]2C[C@@H]2C)C1. The molecular formula is C25H31N3O2. The van der Waals surface area contributed by atoms with Crippen LogP contribution in [-0.4, -0.2) is 41.3 Å². The number of aromatic nitrogens is 1. The van der Waals surface area contributed by atoms with Crippen LogP contribution in [0.3, 0.4) is 0 Å². The van der Waals surface area contributed by atoms with Gasteiger partial charge < -0.3 is 10.2 Å². The van der Waals surface area contributed by atoms with Gasteiger partial charge in [-0.15, -0.1) is 0 Å². The molecule has 2 aromatic rings. The Labute approximate surface area is 178 Å². The molecule has 3 atom stereocenters. The van der Waals surface area contributed by atoms with E-state index >= 15 is 0 Å². The minimum absolute atomic E-state index is 0.0701. The third-order valence-corrected chi connectivity index (χ3v) is 6.62. The monoisotopic (exact) mass is 405 g/mol. The molecule has 2 heterocycles. The van der Waals surface area contributed by atoms with Gasteiger partial charge in [-0.2, -0.15) is 0 Å². The van der Waals surface area contributed by atoms with Crippen LogP contribution in [-0.2, 0) is 16.0 Å². The molecule has 5 heteroatoms. The van der Waals surface area contributed by atoms with Gasteiger partial charge in [-0.25, -0.2) is 0 Å². The van der Waals surface area contributed by atoms with Gasteiger partial charge in [0.25, 0.3) is 0 Å². The van der Waals surface area contributed by atoms with E-state index in [4.69, 9.17) is 0 Å². The van der Waals surface area contributed by atoms with Crippen LogP contribution in [0, 0.1) is 17.3 Å². The molecule has 5 nitrogen and oxygen atoms in total. The molecule has 0 bridgehead atoms. The van der Waals surface area contributed by atoms with Gasteiger partial charge in [0.05, 0.1) is 5.41 Å². The molecule has 1 aromatic heterocycles. The number of amides is 2. The highest BCUT2D eigenvalue weighted by atomic mass is 16.2. The summed E-state index contributed by atoms with van der Waals surface area (Å²) in [7, 11) is 0. The van der Waals surface area contributed by atoms with Crippen molar-refractivity contribution in [3.05, 3.63) is 54.4 Å². The van der Waals surface area contributed by atoms with E-state index in [1.165, 1.54) is 0 Å². The van der Waals surface area contributed by atoms with Crippen LogP contribution >= 0.6 is 0 Å². The highest BCUT2D eigenvalue weighted by Crippen LogP contribution is 2.42. The lowest BCUT2D eigenvalue weighted by molar-refractivity contribution is -0.142. The number of carbonyl (C=O) groups excluding carboxylic acids is 2. The normalized spacial score (nSPS) is 25.6. The lowest BCUT2D eigenvalue weighted by Crippen LogP contribution is -2.54. The van der Waals surface area contributed by atoms with E-state index in [9.17, 15) is 9.59 Å². The van der Waals surface area contributed by atoms with Crippen molar-refractivity contribution in [2.45, 2.75) is 39.5 Å². The van der Waals surface area contributed by atoms with Gasteiger partial charge in [0.2, 0.25) is 11.8 Å².